The maximum Gasteiger partial charge on any atom is 0.259 e. The van der Waals surface area contributed by atoms with Crippen molar-refractivity contribution >= 4 is 123 Å². The normalized spacial score (nSPS) is 14.4. The van der Waals surface area contributed by atoms with E-state index in [1.165, 1.54) is 130 Å². The Morgan fingerprint density at radius 2 is 0.459 bits per heavy atom. The van der Waals surface area contributed by atoms with Gasteiger partial charge in [-0.2, -0.15) is 0 Å². The van der Waals surface area contributed by atoms with E-state index in [9.17, 15) is 91.1 Å². The summed E-state index contributed by atoms with van der Waals surface area (Å²) in [4.78, 5) is 266. The average molecular weight is 1910 g/mol. The Kier molecular flexibility index (Phi) is 46.0. The molecule has 0 spiro atoms. The predicted molar refractivity (Wildman–Crippen MR) is 518 cm³/mol. The van der Waals surface area contributed by atoms with E-state index >= 15 is 0 Å². The van der Waals surface area contributed by atoms with Crippen molar-refractivity contribution < 1.29 is 91.1 Å². The van der Waals surface area contributed by atoms with E-state index < -0.39 is 193 Å². The van der Waals surface area contributed by atoms with Crippen LogP contribution < -0.4 is 95.7 Å². The lowest BCUT2D eigenvalue weighted by Gasteiger charge is -2.35. The van der Waals surface area contributed by atoms with Crippen molar-refractivity contribution in [1.82, 2.24) is 95.7 Å². The van der Waals surface area contributed by atoms with Gasteiger partial charge in [0.1, 0.15) is 92.6 Å². The van der Waals surface area contributed by atoms with Crippen LogP contribution in [0.3, 0.4) is 0 Å². The largest absolute Gasteiger partial charge is 0.352 e. The number of thioether (sulfide) groups is 1. The molecule has 0 saturated carbocycles. The Morgan fingerprint density at radius 1 is 0.267 bits per heavy atom. The van der Waals surface area contributed by atoms with Crippen LogP contribution in [0.4, 0.5) is 0 Å². The highest BCUT2D eigenvalue weighted by Crippen LogP contribution is 2.24. The average Bonchev–Trinajstić information content (AvgIpc) is 1.30. The summed E-state index contributed by atoms with van der Waals surface area (Å²) in [6.45, 7) is 53.0. The van der Waals surface area contributed by atoms with Gasteiger partial charge in [0.2, 0.25) is 94.5 Å². The molecule has 2 rings (SSSR count). The number of benzene rings is 1. The molecule has 0 heterocycles. The molecule has 0 fully saturated rings. The van der Waals surface area contributed by atoms with Gasteiger partial charge in [-0.25, -0.2) is 0 Å². The van der Waals surface area contributed by atoms with Gasteiger partial charge >= 0.3 is 0 Å². The molecule has 1 aliphatic carbocycles. The summed E-state index contributed by atoms with van der Waals surface area (Å²) in [6, 6.07) is -3.80. The molecule has 18 N–H and O–H groups in total. The zero-order valence-corrected chi connectivity index (χ0v) is 86.8. The van der Waals surface area contributed by atoms with Gasteiger partial charge in [-0.05, 0) is 246 Å². The molecule has 135 heavy (non-hydrogen) atoms. The molecule has 1 aromatic carbocycles. The van der Waals surface area contributed by atoms with Crippen molar-refractivity contribution in [2.45, 2.75) is 377 Å². The van der Waals surface area contributed by atoms with Gasteiger partial charge in [-0.1, -0.05) is 129 Å². The number of hydrogen-bond donors (Lipinski definition) is 18. The minimum Gasteiger partial charge on any atom is -0.352 e. The lowest BCUT2D eigenvalue weighted by molar-refractivity contribution is -0.140. The zero-order valence-electron chi connectivity index (χ0n) is 86.0. The van der Waals surface area contributed by atoms with Crippen LogP contribution in [0.15, 0.2) is 58.7 Å². The number of carbonyl (C=O) groups excluding carboxylic acids is 19. The van der Waals surface area contributed by atoms with E-state index in [1.807, 2.05) is 41.5 Å². The number of carbonyl (C=O) groups is 19. The van der Waals surface area contributed by atoms with Crippen LogP contribution in [0, 0.1) is 47.3 Å². The first kappa shape index (κ1) is 120. The maximum atomic E-state index is 14.5. The first-order chi connectivity index (χ1) is 61.7. The molecule has 758 valence electrons. The van der Waals surface area contributed by atoms with Crippen molar-refractivity contribution in [2.24, 2.45) is 47.3 Å². The number of rotatable bonds is 54. The second-order valence-corrected chi connectivity index (χ2v) is 44.1. The monoisotopic (exact) mass is 1910 g/mol. The molecule has 1 aromatic rings. The lowest BCUT2D eigenvalue weighted by Crippen LogP contribution is -2.66. The maximum absolute atomic E-state index is 14.5. The summed E-state index contributed by atoms with van der Waals surface area (Å²) in [7, 11) is 0. The fraction of sp³-hybridized carbons (Fsp3) is 0.691. The van der Waals surface area contributed by atoms with Gasteiger partial charge in [-0.3, -0.25) is 91.1 Å². The topological polar surface area (TPSA) is 541 Å². The third-order valence-electron chi connectivity index (χ3n) is 21.6. The molecule has 8 atom stereocenters. The Balaban J connectivity index is 2.28. The molecule has 0 aliphatic heterocycles. The SMILES string of the molecule is CC(=O)Sc1ccc(C(=O)N[C@@H](CC(C)C)C(=O)NC(C)(C)C(=O)N[C@@H](CC(C)C)C(=O)NC(C)(C)C(=O)N[C@@H](CC(C)C)C(=O)NC(C)(C)C(=O)N[C@@H](CC(C)C)C(=O)NC(C)(C)C(=O)N[C@@H](CC(C)C)C(=O)NC(C)(C)C(=O)N[C@@H](CC(C)C)C(=O)NC(C)(C)C(=O)N[C@@H](CC(C)C)C(=O)NC(C)(C)C(=O)N[C@@H](CC(C)C)C(=O)NC(C)(C)C(=O)NCCNC(=O)C2=C=CC=C2)cc1. The van der Waals surface area contributed by atoms with Gasteiger partial charge in [0.25, 0.3) is 11.8 Å². The molecule has 18 amide bonds. The molecular formula is C97H160N18O19S. The van der Waals surface area contributed by atoms with Gasteiger partial charge in [0, 0.05) is 30.5 Å². The molecule has 0 aromatic heterocycles. The number of allylic oxidation sites excluding steroid dienone is 1. The molecule has 0 unspecified atom stereocenters. The minimum absolute atomic E-state index is 0.0222. The van der Waals surface area contributed by atoms with Crippen LogP contribution >= 0.6 is 11.8 Å². The second-order valence-electron chi connectivity index (χ2n) is 42.9. The fourth-order valence-corrected chi connectivity index (χ4v) is 14.4. The summed E-state index contributed by atoms with van der Waals surface area (Å²) >= 11 is 1.00. The lowest BCUT2D eigenvalue weighted by atomic mass is 9.95. The third-order valence-corrected chi connectivity index (χ3v) is 22.4. The Morgan fingerprint density at radius 3 is 0.644 bits per heavy atom. The van der Waals surface area contributed by atoms with E-state index in [4.69, 9.17) is 0 Å². The van der Waals surface area contributed by atoms with Crippen LogP contribution in [0.1, 0.15) is 290 Å². The van der Waals surface area contributed by atoms with Crippen LogP contribution in [0.2, 0.25) is 0 Å². The molecule has 0 bridgehead atoms. The molecule has 38 heteroatoms. The summed E-state index contributed by atoms with van der Waals surface area (Å²) in [5.74, 6) is -14.9. The zero-order chi connectivity index (χ0) is 104. The molecular weight excluding hydrogens is 1750 g/mol. The van der Waals surface area contributed by atoms with Crippen LogP contribution in [-0.4, -0.2) is 217 Å². The van der Waals surface area contributed by atoms with Crippen LogP contribution in [0.25, 0.3) is 0 Å². The second kappa shape index (κ2) is 51.8. The van der Waals surface area contributed by atoms with Crippen molar-refractivity contribution in [2.75, 3.05) is 13.1 Å². The van der Waals surface area contributed by atoms with E-state index in [0.717, 1.165) is 11.8 Å². The molecule has 0 saturated heterocycles. The first-order valence-corrected chi connectivity index (χ1v) is 47.5. The van der Waals surface area contributed by atoms with Gasteiger partial charge in [0.15, 0.2) is 5.12 Å². The number of amides is 18. The van der Waals surface area contributed by atoms with Crippen molar-refractivity contribution in [3.8, 4) is 0 Å². The quantitative estimate of drug-likeness (QED) is 0.0225. The van der Waals surface area contributed by atoms with Crippen molar-refractivity contribution in [1.29, 1.82) is 0 Å². The van der Waals surface area contributed by atoms with E-state index in [2.05, 4.69) is 101 Å². The summed E-state index contributed by atoms with van der Waals surface area (Å²) in [5, 5.41) is 48.7. The fourth-order valence-electron chi connectivity index (χ4n) is 13.8. The van der Waals surface area contributed by atoms with E-state index in [0.29, 0.717) is 10.5 Å². The molecule has 0 radical (unpaired) electrons. The van der Waals surface area contributed by atoms with Gasteiger partial charge in [-0.15, -0.1) is 5.73 Å². The highest BCUT2D eigenvalue weighted by atomic mass is 32.2. The van der Waals surface area contributed by atoms with Gasteiger partial charge < -0.3 is 95.7 Å². The summed E-state index contributed by atoms with van der Waals surface area (Å²) in [5.41, 5.74) is -10.4. The number of hydrogen-bond acceptors (Lipinski definition) is 20. The predicted octanol–water partition coefficient (Wildman–Crippen LogP) is 5.23. The number of nitrogens with one attached hydrogen (secondary N) is 18. The Bertz CT molecular complexity index is 4510. The molecule has 37 nitrogen and oxygen atoms in total. The third kappa shape index (κ3) is 41.2. The van der Waals surface area contributed by atoms with E-state index in [-0.39, 0.29) is 128 Å². The minimum atomic E-state index is -1.80. The van der Waals surface area contributed by atoms with Crippen molar-refractivity contribution in [3.05, 3.63) is 59.4 Å². The summed E-state index contributed by atoms with van der Waals surface area (Å²) < 4.78 is 0. The Labute approximate surface area is 803 Å². The van der Waals surface area contributed by atoms with Crippen LogP contribution in [-0.2, 0) is 86.3 Å². The highest BCUT2D eigenvalue weighted by molar-refractivity contribution is 8.13. The highest BCUT2D eigenvalue weighted by Gasteiger charge is 2.46. The van der Waals surface area contributed by atoms with Gasteiger partial charge in [0.05, 0.1) is 5.57 Å². The standard InChI is InChI=1S/C97H160N18O19S/c1-52(2)44-64(100-73(118)62-38-40-63(41-39-62)135-60(17)116)74(119)109-91(20,21)83(128)102-66(46-54(5)6)76(121)111-93(24,25)85(130)104-68(48-56(9)10)78(123)113-95(28,29)87(132)106-70(50-58(13)14)80(125)115-97(32,33)89(134)107-71(51-59(15)16)81(126)114-96(30,31)88(133)105-69(49-57(11)12)79(124)112-94(26,27)86(131)103-67(47-55(7)8)77(122)110-92(22,23)84(129)101-65(45-53(3)4)75(120)108-90(18,19)82(127)99-43-42-98-72(117)61-36-34-35-37-61/h34-36,38-41,52-59,64-71H,42-51H2,1-33H3,(H,98,117)(H,99,127)(H,100,118)(H,101,129)(H,102,128)(H,103,131)(H,104,130)(H,105,133)(H,106,132)(H,107,134)(H,108,120)(H,109,119)(H,110,122)(H,111,121)(H,112,124)(H,113,123)(H,114,126)(H,115,125)/t64-,65-,66-,67-,68-,69-,70-,71-/m0/s1. The van der Waals surface area contributed by atoms with Crippen LogP contribution in [0.5, 0.6) is 0 Å². The first-order valence-electron chi connectivity index (χ1n) is 46.7. The molecule has 1 aliphatic rings. The van der Waals surface area contributed by atoms with E-state index in [1.54, 1.807) is 99.6 Å². The smallest absolute Gasteiger partial charge is 0.259 e. The Hall–Kier alpha value is -11.0. The van der Waals surface area contributed by atoms with Crippen molar-refractivity contribution in [3.63, 3.8) is 0 Å². The summed E-state index contributed by atoms with van der Waals surface area (Å²) in [6.07, 6.45) is 5.45.